The standard InChI is InChI=1S/C31H31FN6/c1-5-6-26(23-15-24(32)18-25(16-23)34-13-14-38(3)4)27-19-30(35-20(27)2)31-28-17-22(7-8-29(28)36-37-31)21-9-11-33-12-10-21/h5-12,15-19,34-35H,1,13-14H2,2-4H3,(H,36,37)/b26-6-. The molecule has 0 aliphatic rings. The van der Waals surface area contributed by atoms with Crippen LogP contribution in [-0.4, -0.2) is 52.3 Å². The van der Waals surface area contributed by atoms with Gasteiger partial charge in [-0.15, -0.1) is 0 Å². The Morgan fingerprint density at radius 3 is 2.63 bits per heavy atom. The van der Waals surface area contributed by atoms with Gasteiger partial charge in [0.2, 0.25) is 0 Å². The quantitative estimate of drug-likeness (QED) is 0.196. The zero-order valence-electron chi connectivity index (χ0n) is 21.8. The molecule has 0 unspecified atom stereocenters. The van der Waals surface area contributed by atoms with Crippen molar-refractivity contribution in [2.24, 2.45) is 0 Å². The summed E-state index contributed by atoms with van der Waals surface area (Å²) in [5.41, 5.74) is 9.17. The van der Waals surface area contributed by atoms with Crippen LogP contribution in [0.5, 0.6) is 0 Å². The lowest BCUT2D eigenvalue weighted by molar-refractivity contribution is 0.425. The molecular formula is C31H31FN6. The lowest BCUT2D eigenvalue weighted by Crippen LogP contribution is -2.20. The molecule has 5 rings (SSSR count). The molecule has 2 aromatic carbocycles. The Morgan fingerprint density at radius 1 is 1.05 bits per heavy atom. The Bertz CT molecular complexity index is 1610. The van der Waals surface area contributed by atoms with Crippen LogP contribution in [0.3, 0.4) is 0 Å². The smallest absolute Gasteiger partial charge is 0.125 e. The van der Waals surface area contributed by atoms with Crippen LogP contribution in [0, 0.1) is 12.7 Å². The van der Waals surface area contributed by atoms with Crippen LogP contribution in [-0.2, 0) is 0 Å². The number of aromatic amines is 2. The molecule has 0 saturated carbocycles. The fraction of sp³-hybridized carbons (Fsp3) is 0.161. The van der Waals surface area contributed by atoms with Crippen LogP contribution >= 0.6 is 0 Å². The van der Waals surface area contributed by atoms with Crippen molar-refractivity contribution in [3.05, 3.63) is 108 Å². The second-order valence-electron chi connectivity index (χ2n) is 9.56. The number of benzene rings is 2. The number of fused-ring (bicyclic) bond motifs is 1. The number of hydrogen-bond donors (Lipinski definition) is 3. The number of aromatic nitrogens is 4. The van der Waals surface area contributed by atoms with E-state index in [1.807, 2.05) is 51.4 Å². The number of pyridine rings is 1. The van der Waals surface area contributed by atoms with Crippen molar-refractivity contribution in [3.63, 3.8) is 0 Å². The Labute approximate surface area is 221 Å². The minimum Gasteiger partial charge on any atom is -0.384 e. The predicted molar refractivity (Wildman–Crippen MR) is 155 cm³/mol. The first-order valence-electron chi connectivity index (χ1n) is 12.5. The lowest BCUT2D eigenvalue weighted by Gasteiger charge is -2.14. The predicted octanol–water partition coefficient (Wildman–Crippen LogP) is 6.66. The molecule has 3 N–H and O–H groups in total. The highest BCUT2D eigenvalue weighted by Crippen LogP contribution is 2.35. The third kappa shape index (κ3) is 5.28. The van der Waals surface area contributed by atoms with Crippen molar-refractivity contribution in [3.8, 4) is 22.5 Å². The molecule has 0 bridgehead atoms. The summed E-state index contributed by atoms with van der Waals surface area (Å²) in [6, 6.07) is 17.4. The molecule has 192 valence electrons. The maximum atomic E-state index is 14.7. The summed E-state index contributed by atoms with van der Waals surface area (Å²) >= 11 is 0. The molecular weight excluding hydrogens is 475 g/mol. The first-order chi connectivity index (χ1) is 18.4. The van der Waals surface area contributed by atoms with Gasteiger partial charge in [-0.25, -0.2) is 4.39 Å². The van der Waals surface area contributed by atoms with E-state index in [0.717, 1.165) is 74.6 Å². The van der Waals surface area contributed by atoms with Crippen LogP contribution in [0.2, 0.25) is 0 Å². The molecule has 0 atom stereocenters. The Kier molecular flexibility index (Phi) is 7.20. The Morgan fingerprint density at radius 2 is 1.87 bits per heavy atom. The summed E-state index contributed by atoms with van der Waals surface area (Å²) in [6.07, 6.45) is 7.23. The molecule has 5 aromatic rings. The van der Waals surface area contributed by atoms with Crippen LogP contribution in [0.1, 0.15) is 16.8 Å². The van der Waals surface area contributed by atoms with Gasteiger partial charge in [0.15, 0.2) is 0 Å². The van der Waals surface area contributed by atoms with Crippen molar-refractivity contribution < 1.29 is 4.39 Å². The molecule has 0 aliphatic heterocycles. The first-order valence-corrected chi connectivity index (χ1v) is 12.5. The molecule has 6 nitrogen and oxygen atoms in total. The van der Waals surface area contributed by atoms with Gasteiger partial charge >= 0.3 is 0 Å². The number of halogens is 1. The van der Waals surface area contributed by atoms with Gasteiger partial charge in [0.05, 0.1) is 11.2 Å². The van der Waals surface area contributed by atoms with Crippen molar-refractivity contribution in [2.75, 3.05) is 32.5 Å². The highest BCUT2D eigenvalue weighted by molar-refractivity contribution is 5.96. The van der Waals surface area contributed by atoms with Gasteiger partial charge < -0.3 is 15.2 Å². The van der Waals surface area contributed by atoms with Crippen LogP contribution in [0.25, 0.3) is 39.0 Å². The average molecular weight is 507 g/mol. The summed E-state index contributed by atoms with van der Waals surface area (Å²) < 4.78 is 14.7. The normalized spacial score (nSPS) is 11.9. The number of nitrogens with zero attached hydrogens (tertiary/aromatic N) is 3. The Hall–Kier alpha value is -4.49. The molecule has 3 heterocycles. The molecule has 0 spiro atoms. The SMILES string of the molecule is C=C/C=C(/c1cc(F)cc(NCCN(C)C)c1)c1cc(-c2n[nH]c3ccc(-c4ccncc4)cc23)[nH]c1C. The van der Waals surface area contributed by atoms with Crippen molar-refractivity contribution >= 4 is 22.2 Å². The van der Waals surface area contributed by atoms with Gasteiger partial charge in [0.25, 0.3) is 0 Å². The van der Waals surface area contributed by atoms with E-state index in [2.05, 4.69) is 55.2 Å². The van der Waals surface area contributed by atoms with E-state index in [1.54, 1.807) is 24.5 Å². The third-order valence-electron chi connectivity index (χ3n) is 6.52. The molecule has 3 aromatic heterocycles. The summed E-state index contributed by atoms with van der Waals surface area (Å²) in [7, 11) is 4.02. The number of likely N-dealkylation sites (N-methyl/N-ethyl adjacent to an activating group) is 1. The van der Waals surface area contributed by atoms with E-state index in [1.165, 1.54) is 6.07 Å². The highest BCUT2D eigenvalue weighted by Gasteiger charge is 2.17. The van der Waals surface area contributed by atoms with Crippen molar-refractivity contribution in [1.82, 2.24) is 25.1 Å². The van der Waals surface area contributed by atoms with E-state index in [9.17, 15) is 4.39 Å². The number of aryl methyl sites for hydroxylation is 1. The second kappa shape index (κ2) is 10.9. The largest absolute Gasteiger partial charge is 0.384 e. The van der Waals surface area contributed by atoms with E-state index < -0.39 is 0 Å². The first kappa shape index (κ1) is 25.2. The van der Waals surface area contributed by atoms with Gasteiger partial charge in [-0.2, -0.15) is 5.10 Å². The van der Waals surface area contributed by atoms with Crippen LogP contribution in [0.4, 0.5) is 10.1 Å². The zero-order valence-corrected chi connectivity index (χ0v) is 21.8. The van der Waals surface area contributed by atoms with Gasteiger partial charge in [-0.1, -0.05) is 24.8 Å². The number of hydrogen-bond acceptors (Lipinski definition) is 4. The number of H-pyrrole nitrogens is 2. The maximum Gasteiger partial charge on any atom is 0.125 e. The van der Waals surface area contributed by atoms with Gasteiger partial charge in [-0.3, -0.25) is 10.1 Å². The zero-order chi connectivity index (χ0) is 26.6. The molecule has 0 radical (unpaired) electrons. The monoisotopic (exact) mass is 506 g/mol. The fourth-order valence-electron chi connectivity index (χ4n) is 4.64. The van der Waals surface area contributed by atoms with Crippen LogP contribution < -0.4 is 5.32 Å². The van der Waals surface area contributed by atoms with Gasteiger partial charge in [-0.05, 0) is 91.8 Å². The number of allylic oxidation sites excluding steroid dienone is 2. The number of nitrogens with one attached hydrogen (secondary N) is 3. The third-order valence-corrected chi connectivity index (χ3v) is 6.52. The van der Waals surface area contributed by atoms with E-state index in [4.69, 9.17) is 0 Å². The van der Waals surface area contributed by atoms with E-state index in [0.29, 0.717) is 0 Å². The summed E-state index contributed by atoms with van der Waals surface area (Å²) in [5, 5.41) is 12.1. The van der Waals surface area contributed by atoms with Gasteiger partial charge in [0, 0.05) is 47.8 Å². The molecule has 0 aliphatic carbocycles. The highest BCUT2D eigenvalue weighted by atomic mass is 19.1. The topological polar surface area (TPSA) is 72.6 Å². The molecule has 7 heteroatoms. The second-order valence-corrected chi connectivity index (χ2v) is 9.56. The molecule has 38 heavy (non-hydrogen) atoms. The number of rotatable bonds is 9. The van der Waals surface area contributed by atoms with Crippen molar-refractivity contribution in [2.45, 2.75) is 6.92 Å². The van der Waals surface area contributed by atoms with E-state index >= 15 is 0 Å². The summed E-state index contributed by atoms with van der Waals surface area (Å²) in [6.45, 7) is 7.49. The molecule has 0 fully saturated rings. The number of anilines is 1. The average Bonchev–Trinajstić information content (AvgIpc) is 3.50. The van der Waals surface area contributed by atoms with Crippen LogP contribution in [0.15, 0.2) is 85.7 Å². The fourth-order valence-corrected chi connectivity index (χ4v) is 4.64. The molecule has 0 amide bonds. The molecule has 0 saturated heterocycles. The Balaban J connectivity index is 1.53. The van der Waals surface area contributed by atoms with Gasteiger partial charge in [0.1, 0.15) is 11.5 Å². The summed E-state index contributed by atoms with van der Waals surface area (Å²) in [4.78, 5) is 9.71. The minimum atomic E-state index is -0.292. The summed E-state index contributed by atoms with van der Waals surface area (Å²) in [5.74, 6) is -0.292. The maximum absolute atomic E-state index is 14.7. The lowest BCUT2D eigenvalue weighted by atomic mass is 9.96. The minimum absolute atomic E-state index is 0.292. The van der Waals surface area contributed by atoms with E-state index in [-0.39, 0.29) is 5.82 Å². The van der Waals surface area contributed by atoms with Crippen molar-refractivity contribution in [1.29, 1.82) is 0 Å².